The molecule has 14 heavy (non-hydrogen) atoms. The lowest BCUT2D eigenvalue weighted by Gasteiger charge is -2.08. The Morgan fingerprint density at radius 2 is 2.00 bits per heavy atom. The molecule has 0 N–H and O–H groups in total. The Balaban J connectivity index is 3.24. The first-order chi connectivity index (χ1) is 6.60. The molecule has 4 heteroatoms. The fraction of sp³-hybridized carbons (Fsp3) is 0.300. The summed E-state index contributed by atoms with van der Waals surface area (Å²) in [7, 11) is 2.91. The Labute approximate surface area is 91.1 Å². The Morgan fingerprint density at radius 3 is 2.50 bits per heavy atom. The number of hydrogen-bond acceptors (Lipinski definition) is 3. The van der Waals surface area contributed by atoms with Gasteiger partial charge in [0.05, 0.1) is 24.3 Å². The highest BCUT2D eigenvalue weighted by molar-refractivity contribution is 9.10. The van der Waals surface area contributed by atoms with Crippen molar-refractivity contribution in [1.29, 1.82) is 0 Å². The number of ether oxygens (including phenoxy) is 2. The summed E-state index contributed by atoms with van der Waals surface area (Å²) in [6.07, 6.45) is 0. The fourth-order valence-corrected chi connectivity index (χ4v) is 1.76. The Kier molecular flexibility index (Phi) is 3.52. The van der Waals surface area contributed by atoms with Crippen molar-refractivity contribution in [1.82, 2.24) is 0 Å². The van der Waals surface area contributed by atoms with Crippen LogP contribution in [-0.4, -0.2) is 20.2 Å². The van der Waals surface area contributed by atoms with E-state index in [1.807, 2.05) is 13.0 Å². The Bertz CT molecular complexity index is 361. The van der Waals surface area contributed by atoms with Crippen LogP contribution < -0.4 is 4.74 Å². The van der Waals surface area contributed by atoms with Gasteiger partial charge in [-0.25, -0.2) is 4.79 Å². The minimum absolute atomic E-state index is 0.353. The van der Waals surface area contributed by atoms with Crippen LogP contribution in [0.25, 0.3) is 0 Å². The normalized spacial score (nSPS) is 9.71. The van der Waals surface area contributed by atoms with Gasteiger partial charge >= 0.3 is 5.97 Å². The highest BCUT2D eigenvalue weighted by atomic mass is 79.9. The summed E-state index contributed by atoms with van der Waals surface area (Å²) in [6, 6.07) is 3.48. The molecule has 0 saturated carbocycles. The maximum Gasteiger partial charge on any atom is 0.338 e. The van der Waals surface area contributed by atoms with Crippen LogP contribution in [-0.2, 0) is 4.74 Å². The van der Waals surface area contributed by atoms with Crippen LogP contribution in [0.5, 0.6) is 5.75 Å². The van der Waals surface area contributed by atoms with Gasteiger partial charge in [0.25, 0.3) is 0 Å². The lowest BCUT2D eigenvalue weighted by Crippen LogP contribution is -2.04. The second-order valence-electron chi connectivity index (χ2n) is 2.79. The van der Waals surface area contributed by atoms with Crippen molar-refractivity contribution < 1.29 is 14.3 Å². The molecule has 1 aromatic rings. The minimum Gasteiger partial charge on any atom is -0.496 e. The second kappa shape index (κ2) is 4.46. The number of rotatable bonds is 2. The van der Waals surface area contributed by atoms with E-state index in [0.29, 0.717) is 11.3 Å². The molecule has 0 fully saturated rings. The lowest BCUT2D eigenvalue weighted by molar-refractivity contribution is 0.0599. The van der Waals surface area contributed by atoms with E-state index < -0.39 is 0 Å². The molecule has 0 aromatic heterocycles. The highest BCUT2D eigenvalue weighted by Gasteiger charge is 2.12. The molecule has 0 atom stereocenters. The smallest absolute Gasteiger partial charge is 0.338 e. The molecule has 0 amide bonds. The van der Waals surface area contributed by atoms with Crippen LogP contribution in [0.4, 0.5) is 0 Å². The molecule has 1 rings (SSSR count). The molecule has 0 heterocycles. The zero-order valence-electron chi connectivity index (χ0n) is 8.26. The van der Waals surface area contributed by atoms with Crippen LogP contribution in [0.1, 0.15) is 15.9 Å². The maximum atomic E-state index is 11.3. The monoisotopic (exact) mass is 258 g/mol. The number of methoxy groups -OCH3 is 2. The molecule has 3 nitrogen and oxygen atoms in total. The molecule has 0 aliphatic carbocycles. The van der Waals surface area contributed by atoms with Gasteiger partial charge in [-0.2, -0.15) is 0 Å². The summed E-state index contributed by atoms with van der Waals surface area (Å²) in [5.41, 5.74) is 1.37. The van der Waals surface area contributed by atoms with Crippen LogP contribution in [0.3, 0.4) is 0 Å². The van der Waals surface area contributed by atoms with Gasteiger partial charge in [-0.1, -0.05) is 0 Å². The van der Waals surface area contributed by atoms with Gasteiger partial charge in [0.15, 0.2) is 0 Å². The second-order valence-corrected chi connectivity index (χ2v) is 3.65. The van der Waals surface area contributed by atoms with E-state index in [9.17, 15) is 4.79 Å². The van der Waals surface area contributed by atoms with E-state index in [-0.39, 0.29) is 5.97 Å². The van der Waals surface area contributed by atoms with E-state index in [1.54, 1.807) is 13.2 Å². The summed E-state index contributed by atoms with van der Waals surface area (Å²) in [6.45, 7) is 1.84. The SMILES string of the molecule is COC(=O)c1cc(OC)c(Br)cc1C. The van der Waals surface area contributed by atoms with Gasteiger partial charge in [0.1, 0.15) is 5.75 Å². The topological polar surface area (TPSA) is 35.5 Å². The van der Waals surface area contributed by atoms with Crippen molar-refractivity contribution in [3.05, 3.63) is 27.7 Å². The van der Waals surface area contributed by atoms with E-state index in [1.165, 1.54) is 7.11 Å². The van der Waals surface area contributed by atoms with Crippen molar-refractivity contribution in [2.45, 2.75) is 6.92 Å². The van der Waals surface area contributed by atoms with Crippen LogP contribution in [0.15, 0.2) is 16.6 Å². The number of halogens is 1. The fourth-order valence-electron chi connectivity index (χ4n) is 1.14. The van der Waals surface area contributed by atoms with Gasteiger partial charge in [-0.15, -0.1) is 0 Å². The first-order valence-corrected chi connectivity index (χ1v) is 4.82. The maximum absolute atomic E-state index is 11.3. The van der Waals surface area contributed by atoms with Crippen molar-refractivity contribution >= 4 is 21.9 Å². The number of esters is 1. The summed E-state index contributed by atoms with van der Waals surface area (Å²) in [4.78, 5) is 11.3. The zero-order chi connectivity index (χ0) is 10.7. The van der Waals surface area contributed by atoms with Gasteiger partial charge in [-0.3, -0.25) is 0 Å². The zero-order valence-corrected chi connectivity index (χ0v) is 9.84. The largest absolute Gasteiger partial charge is 0.496 e. The van der Waals surface area contributed by atoms with Gasteiger partial charge < -0.3 is 9.47 Å². The molecule has 0 saturated heterocycles. The van der Waals surface area contributed by atoms with E-state index in [2.05, 4.69) is 20.7 Å². The van der Waals surface area contributed by atoms with E-state index in [4.69, 9.17) is 4.74 Å². The molecule has 0 aliphatic rings. The molecule has 0 unspecified atom stereocenters. The third kappa shape index (κ3) is 2.07. The number of benzene rings is 1. The van der Waals surface area contributed by atoms with E-state index in [0.717, 1.165) is 10.0 Å². The number of hydrogen-bond donors (Lipinski definition) is 0. The van der Waals surface area contributed by atoms with Crippen molar-refractivity contribution in [3.63, 3.8) is 0 Å². The lowest BCUT2D eigenvalue weighted by atomic mass is 10.1. The molecule has 0 bridgehead atoms. The molecule has 76 valence electrons. The van der Waals surface area contributed by atoms with Crippen molar-refractivity contribution in [2.75, 3.05) is 14.2 Å². The predicted octanol–water partition coefficient (Wildman–Crippen LogP) is 2.55. The minimum atomic E-state index is -0.353. The molecular formula is C10H11BrO3. The van der Waals surface area contributed by atoms with Gasteiger partial charge in [-0.05, 0) is 40.5 Å². The van der Waals surface area contributed by atoms with Crippen LogP contribution in [0, 0.1) is 6.92 Å². The van der Waals surface area contributed by atoms with Gasteiger partial charge in [0.2, 0.25) is 0 Å². The Morgan fingerprint density at radius 1 is 1.36 bits per heavy atom. The molecule has 1 aromatic carbocycles. The first-order valence-electron chi connectivity index (χ1n) is 4.02. The van der Waals surface area contributed by atoms with Gasteiger partial charge in [0, 0.05) is 0 Å². The standard InChI is InChI=1S/C10H11BrO3/c1-6-4-8(11)9(13-2)5-7(6)10(12)14-3/h4-5H,1-3H3. The summed E-state index contributed by atoms with van der Waals surface area (Å²) < 4.78 is 10.6. The molecule has 0 aliphatic heterocycles. The Hall–Kier alpha value is -1.03. The van der Waals surface area contributed by atoms with Crippen LogP contribution >= 0.6 is 15.9 Å². The molecule has 0 spiro atoms. The predicted molar refractivity (Wildman–Crippen MR) is 56.8 cm³/mol. The third-order valence-corrected chi connectivity index (χ3v) is 2.52. The molecule has 0 radical (unpaired) electrons. The van der Waals surface area contributed by atoms with Crippen LogP contribution in [0.2, 0.25) is 0 Å². The third-order valence-electron chi connectivity index (χ3n) is 1.90. The highest BCUT2D eigenvalue weighted by Crippen LogP contribution is 2.28. The van der Waals surface area contributed by atoms with E-state index >= 15 is 0 Å². The quantitative estimate of drug-likeness (QED) is 0.765. The summed E-state index contributed by atoms with van der Waals surface area (Å²) in [5, 5.41) is 0. The average molecular weight is 259 g/mol. The number of aryl methyl sites for hydroxylation is 1. The molecular weight excluding hydrogens is 248 g/mol. The van der Waals surface area contributed by atoms with Crippen molar-refractivity contribution in [3.8, 4) is 5.75 Å². The first kappa shape index (κ1) is 11.0. The summed E-state index contributed by atoms with van der Waals surface area (Å²) >= 11 is 3.34. The number of carbonyl (C=O) groups excluding carboxylic acids is 1. The average Bonchev–Trinajstić information content (AvgIpc) is 2.17. The number of carbonyl (C=O) groups is 1. The van der Waals surface area contributed by atoms with Crippen molar-refractivity contribution in [2.24, 2.45) is 0 Å². The summed E-state index contributed by atoms with van der Waals surface area (Å²) in [5.74, 6) is 0.268.